The standard InChI is InChI=1S/C31H28ClF2N9O2S/c1-42-11-16(40-41-42)9-37-29-24-20-13-44-12-19(20)22(17-3-4-21(34)27-23(17)18(8-35)28(36)46-27)25(32)26(24)38-30(39-29)45-14-31-5-2-6-43(31)10-15(33)7-31/h3-4,11,15H,2,5-7,9-10,12-14,36H2,1H3,(H,37,38,39). The molecule has 236 valence electrons. The summed E-state index contributed by atoms with van der Waals surface area (Å²) in [5.74, 6) is -0.00352. The molecule has 0 spiro atoms. The summed E-state index contributed by atoms with van der Waals surface area (Å²) in [5, 5.41) is 23.1. The van der Waals surface area contributed by atoms with E-state index in [1.807, 2.05) is 0 Å². The van der Waals surface area contributed by atoms with Crippen molar-refractivity contribution in [1.82, 2.24) is 29.9 Å². The molecular formula is C31H28ClF2N9O2S. The number of hydrogen-bond donors (Lipinski definition) is 2. The van der Waals surface area contributed by atoms with Crippen molar-refractivity contribution in [3.8, 4) is 23.2 Å². The molecule has 8 rings (SSSR count). The average molecular weight is 664 g/mol. The van der Waals surface area contributed by atoms with Gasteiger partial charge in [0.25, 0.3) is 0 Å². The van der Waals surface area contributed by atoms with E-state index in [9.17, 15) is 9.65 Å². The number of fused-ring (bicyclic) bond motifs is 5. The summed E-state index contributed by atoms with van der Waals surface area (Å²) in [6.45, 7) is 2.28. The van der Waals surface area contributed by atoms with Gasteiger partial charge >= 0.3 is 6.01 Å². The van der Waals surface area contributed by atoms with Crippen LogP contribution in [0.15, 0.2) is 18.3 Å². The molecule has 15 heteroatoms. The van der Waals surface area contributed by atoms with Crippen molar-refractivity contribution in [3.63, 3.8) is 0 Å². The van der Waals surface area contributed by atoms with Crippen LogP contribution in [0.5, 0.6) is 6.01 Å². The van der Waals surface area contributed by atoms with Crippen LogP contribution in [0.4, 0.5) is 19.6 Å². The highest BCUT2D eigenvalue weighted by Crippen LogP contribution is 2.49. The van der Waals surface area contributed by atoms with Crippen LogP contribution in [-0.2, 0) is 31.5 Å². The molecule has 46 heavy (non-hydrogen) atoms. The third-order valence-corrected chi connectivity index (χ3v) is 10.7. The number of ether oxygens (including phenoxy) is 2. The van der Waals surface area contributed by atoms with E-state index < -0.39 is 17.5 Å². The third kappa shape index (κ3) is 4.56. The van der Waals surface area contributed by atoms with Crippen LogP contribution >= 0.6 is 22.9 Å². The maximum Gasteiger partial charge on any atom is 0.319 e. The average Bonchev–Trinajstić information content (AvgIpc) is 3.85. The van der Waals surface area contributed by atoms with Crippen molar-refractivity contribution >= 4 is 54.7 Å². The second kappa shape index (κ2) is 11.0. The number of nitrogens with one attached hydrogen (secondary N) is 1. The van der Waals surface area contributed by atoms with Gasteiger partial charge in [-0.15, -0.1) is 16.4 Å². The van der Waals surface area contributed by atoms with Crippen molar-refractivity contribution in [2.45, 2.75) is 50.7 Å². The largest absolute Gasteiger partial charge is 0.461 e. The molecule has 0 amide bonds. The number of aromatic nitrogens is 5. The number of nitriles is 1. The van der Waals surface area contributed by atoms with Crippen LogP contribution in [0.1, 0.15) is 41.6 Å². The Morgan fingerprint density at radius 1 is 1.28 bits per heavy atom. The lowest BCUT2D eigenvalue weighted by Gasteiger charge is -2.30. The summed E-state index contributed by atoms with van der Waals surface area (Å²) in [5.41, 5.74) is 9.81. The number of nitrogens with zero attached hydrogens (tertiary/aromatic N) is 7. The third-order valence-electron chi connectivity index (χ3n) is 9.29. The van der Waals surface area contributed by atoms with Crippen LogP contribution in [0.3, 0.4) is 0 Å². The zero-order chi connectivity index (χ0) is 31.7. The van der Waals surface area contributed by atoms with Crippen LogP contribution in [-0.4, -0.2) is 61.3 Å². The molecule has 0 saturated carbocycles. The molecule has 0 bridgehead atoms. The molecule has 2 fully saturated rings. The predicted octanol–water partition coefficient (Wildman–Crippen LogP) is 5.48. The van der Waals surface area contributed by atoms with E-state index in [-0.39, 0.29) is 46.1 Å². The summed E-state index contributed by atoms with van der Waals surface area (Å²) < 4.78 is 43.6. The Bertz CT molecular complexity index is 2100. The monoisotopic (exact) mass is 663 g/mol. The number of benzene rings is 2. The zero-order valence-electron chi connectivity index (χ0n) is 24.7. The molecule has 0 radical (unpaired) electrons. The van der Waals surface area contributed by atoms with Crippen molar-refractivity contribution in [2.75, 3.05) is 30.7 Å². The fraction of sp³-hybridized carbons (Fsp3) is 0.387. The molecule has 0 aliphatic carbocycles. The van der Waals surface area contributed by atoms with Gasteiger partial charge in [0.15, 0.2) is 0 Å². The number of hydrogen-bond acceptors (Lipinski definition) is 11. The van der Waals surface area contributed by atoms with Crippen molar-refractivity contribution in [2.24, 2.45) is 7.05 Å². The highest BCUT2D eigenvalue weighted by molar-refractivity contribution is 7.23. The number of aryl methyl sites for hydroxylation is 1. The summed E-state index contributed by atoms with van der Waals surface area (Å²) in [7, 11) is 1.79. The molecule has 5 aromatic rings. The SMILES string of the molecule is Cn1cc(CNc2nc(OCC34CCCN3CC(F)C4)nc3c(Cl)c(-c4ccc(F)c5sc(N)c(C#N)c45)c4c(c23)COC4)nn1. The van der Waals surface area contributed by atoms with E-state index in [1.54, 1.807) is 24.0 Å². The summed E-state index contributed by atoms with van der Waals surface area (Å²) >= 11 is 8.31. The minimum Gasteiger partial charge on any atom is -0.461 e. The van der Waals surface area contributed by atoms with Gasteiger partial charge in [0.05, 0.1) is 51.5 Å². The number of anilines is 2. The van der Waals surface area contributed by atoms with E-state index in [2.05, 4.69) is 26.6 Å². The maximum atomic E-state index is 15.0. The van der Waals surface area contributed by atoms with Crippen molar-refractivity contribution in [3.05, 3.63) is 51.6 Å². The summed E-state index contributed by atoms with van der Waals surface area (Å²) in [6.07, 6.45) is 3.11. The smallest absolute Gasteiger partial charge is 0.319 e. The first-order valence-corrected chi connectivity index (χ1v) is 16.1. The predicted molar refractivity (Wildman–Crippen MR) is 170 cm³/mol. The van der Waals surface area contributed by atoms with Crippen LogP contribution < -0.4 is 15.8 Å². The van der Waals surface area contributed by atoms with Crippen LogP contribution in [0, 0.1) is 17.1 Å². The number of nitrogen functional groups attached to an aromatic ring is 1. The van der Waals surface area contributed by atoms with Gasteiger partial charge in [0.1, 0.15) is 41.2 Å². The lowest BCUT2D eigenvalue weighted by atomic mass is 9.91. The van der Waals surface area contributed by atoms with E-state index in [0.717, 1.165) is 41.9 Å². The zero-order valence-corrected chi connectivity index (χ0v) is 26.3. The second-order valence-electron chi connectivity index (χ2n) is 12.1. The first kappa shape index (κ1) is 29.3. The summed E-state index contributed by atoms with van der Waals surface area (Å²) in [6, 6.07) is 5.20. The number of rotatable bonds is 7. The number of nitrogens with two attached hydrogens (primary N) is 1. The van der Waals surface area contributed by atoms with Crippen molar-refractivity contribution in [1.29, 1.82) is 5.26 Å². The Kier molecular flexibility index (Phi) is 6.98. The fourth-order valence-corrected chi connectivity index (χ4v) is 8.59. The molecule has 6 heterocycles. The lowest BCUT2D eigenvalue weighted by molar-refractivity contribution is 0.107. The molecule has 3 aliphatic heterocycles. The number of thiophene rings is 1. The lowest BCUT2D eigenvalue weighted by Crippen LogP contribution is -2.43. The first-order valence-electron chi connectivity index (χ1n) is 14.9. The van der Waals surface area contributed by atoms with Crippen LogP contribution in [0.2, 0.25) is 5.02 Å². The van der Waals surface area contributed by atoms with Gasteiger partial charge in [-0.3, -0.25) is 9.58 Å². The van der Waals surface area contributed by atoms with Gasteiger partial charge in [-0.25, -0.2) is 8.78 Å². The van der Waals surface area contributed by atoms with Gasteiger partial charge in [-0.05, 0) is 42.1 Å². The Morgan fingerprint density at radius 2 is 2.13 bits per heavy atom. The maximum absolute atomic E-state index is 15.0. The molecule has 11 nitrogen and oxygen atoms in total. The van der Waals surface area contributed by atoms with Gasteiger partial charge in [0, 0.05) is 37.2 Å². The molecule has 2 unspecified atom stereocenters. The molecular weight excluding hydrogens is 636 g/mol. The quantitative estimate of drug-likeness (QED) is 0.230. The molecule has 2 atom stereocenters. The van der Waals surface area contributed by atoms with Gasteiger partial charge in [-0.2, -0.15) is 15.2 Å². The molecule has 2 aromatic carbocycles. The number of alkyl halides is 1. The molecule has 3 aromatic heterocycles. The minimum atomic E-state index is -0.901. The van der Waals surface area contributed by atoms with Crippen molar-refractivity contribution < 1.29 is 18.3 Å². The van der Waals surface area contributed by atoms with E-state index >= 15 is 4.39 Å². The molecule has 3 N–H and O–H groups in total. The highest BCUT2D eigenvalue weighted by Gasteiger charge is 2.49. The van der Waals surface area contributed by atoms with Crippen LogP contribution in [0.25, 0.3) is 32.1 Å². The Labute approximate surface area is 270 Å². The Balaban J connectivity index is 1.31. The van der Waals surface area contributed by atoms with E-state index in [1.165, 1.54) is 6.07 Å². The Morgan fingerprint density at radius 3 is 2.93 bits per heavy atom. The normalized spacial score (nSPS) is 20.8. The topological polar surface area (TPSA) is 140 Å². The summed E-state index contributed by atoms with van der Waals surface area (Å²) in [4.78, 5) is 11.8. The second-order valence-corrected chi connectivity index (χ2v) is 13.5. The van der Waals surface area contributed by atoms with E-state index in [4.69, 9.17) is 36.8 Å². The molecule has 2 saturated heterocycles. The first-order chi connectivity index (χ1) is 22.3. The minimum absolute atomic E-state index is 0.0890. The fourth-order valence-electron chi connectivity index (χ4n) is 7.29. The van der Waals surface area contributed by atoms with Gasteiger partial charge in [0.2, 0.25) is 0 Å². The highest BCUT2D eigenvalue weighted by atomic mass is 35.5. The number of halogens is 3. The Hall–Kier alpha value is -4.16. The van der Waals surface area contributed by atoms with Gasteiger partial charge < -0.3 is 20.5 Å². The molecule has 3 aliphatic rings. The van der Waals surface area contributed by atoms with Gasteiger partial charge in [-0.1, -0.05) is 22.9 Å². The van der Waals surface area contributed by atoms with E-state index in [0.29, 0.717) is 58.4 Å².